The summed E-state index contributed by atoms with van der Waals surface area (Å²) in [5.41, 5.74) is 0. The monoisotopic (exact) mass is 325 g/mol. The molecule has 0 N–H and O–H groups in total. The minimum Gasteiger partial charge on any atom is -0.0711 e. The second-order valence-electron chi connectivity index (χ2n) is 7.41. The molecule has 0 bridgehead atoms. The van der Waals surface area contributed by atoms with Crippen molar-refractivity contribution in [1.82, 2.24) is 0 Å². The van der Waals surface area contributed by atoms with Gasteiger partial charge in [-0.15, -0.1) is 0 Å². The van der Waals surface area contributed by atoms with E-state index in [-0.39, 0.29) is 8.80 Å². The maximum Gasteiger partial charge on any atom is 0.0446 e. The van der Waals surface area contributed by atoms with E-state index >= 15 is 0 Å². The number of rotatable bonds is 18. The molecule has 0 aromatic carbocycles. The molecular formula is C21H45Si. The van der Waals surface area contributed by atoms with Crippen LogP contribution in [0.5, 0.6) is 0 Å². The Morgan fingerprint density at radius 2 is 0.682 bits per heavy atom. The molecular weight excluding hydrogens is 280 g/mol. The van der Waals surface area contributed by atoms with Crippen LogP contribution in [0.1, 0.15) is 117 Å². The molecule has 22 heavy (non-hydrogen) atoms. The van der Waals surface area contributed by atoms with Gasteiger partial charge in [0.05, 0.1) is 0 Å². The van der Waals surface area contributed by atoms with E-state index < -0.39 is 0 Å². The van der Waals surface area contributed by atoms with E-state index in [9.17, 15) is 0 Å². The SMILES string of the molecule is CCCCCCCCCC[Si](C)CCCCCCCCCC. The van der Waals surface area contributed by atoms with Gasteiger partial charge in [0.1, 0.15) is 0 Å². The van der Waals surface area contributed by atoms with Crippen LogP contribution in [0.2, 0.25) is 18.6 Å². The van der Waals surface area contributed by atoms with Gasteiger partial charge in [-0.25, -0.2) is 0 Å². The zero-order chi connectivity index (χ0) is 16.3. The first-order chi connectivity index (χ1) is 10.8. The van der Waals surface area contributed by atoms with Gasteiger partial charge in [0.2, 0.25) is 0 Å². The normalized spacial score (nSPS) is 11.5. The van der Waals surface area contributed by atoms with Gasteiger partial charge in [-0.1, -0.05) is 135 Å². The van der Waals surface area contributed by atoms with Gasteiger partial charge in [-0.3, -0.25) is 0 Å². The molecule has 133 valence electrons. The third kappa shape index (κ3) is 18.3. The molecule has 0 rings (SSSR count). The number of hydrogen-bond donors (Lipinski definition) is 0. The van der Waals surface area contributed by atoms with Crippen LogP contribution in [0.4, 0.5) is 0 Å². The predicted octanol–water partition coefficient (Wildman–Crippen LogP) is 8.39. The van der Waals surface area contributed by atoms with Gasteiger partial charge in [-0.05, 0) is 0 Å². The van der Waals surface area contributed by atoms with Crippen molar-refractivity contribution in [2.24, 2.45) is 0 Å². The van der Waals surface area contributed by atoms with Crippen molar-refractivity contribution in [3.63, 3.8) is 0 Å². The molecule has 0 nitrogen and oxygen atoms in total. The fourth-order valence-corrected chi connectivity index (χ4v) is 5.20. The van der Waals surface area contributed by atoms with Crippen molar-refractivity contribution in [1.29, 1.82) is 0 Å². The van der Waals surface area contributed by atoms with Crippen molar-refractivity contribution >= 4 is 8.80 Å². The predicted molar refractivity (Wildman–Crippen MR) is 106 cm³/mol. The summed E-state index contributed by atoms with van der Waals surface area (Å²) in [4.78, 5) is 0. The zero-order valence-corrected chi connectivity index (χ0v) is 17.2. The van der Waals surface area contributed by atoms with E-state index in [1.807, 2.05) is 0 Å². The van der Waals surface area contributed by atoms with Gasteiger partial charge in [0.25, 0.3) is 0 Å². The van der Waals surface area contributed by atoms with Crippen molar-refractivity contribution in [2.45, 2.75) is 135 Å². The summed E-state index contributed by atoms with van der Waals surface area (Å²) >= 11 is 0. The Kier molecular flexibility index (Phi) is 19.5. The molecule has 0 atom stereocenters. The van der Waals surface area contributed by atoms with Gasteiger partial charge in [-0.2, -0.15) is 0 Å². The van der Waals surface area contributed by atoms with Crippen LogP contribution < -0.4 is 0 Å². The molecule has 0 saturated carbocycles. The fraction of sp³-hybridized carbons (Fsp3) is 1.00. The maximum absolute atomic E-state index is 2.58. The first-order valence-corrected chi connectivity index (χ1v) is 13.0. The Hall–Kier alpha value is 0.217. The molecule has 1 radical (unpaired) electrons. The van der Waals surface area contributed by atoms with E-state index in [0.29, 0.717) is 0 Å². The topological polar surface area (TPSA) is 0 Å². The summed E-state index contributed by atoms with van der Waals surface area (Å²) in [5, 5.41) is 0. The standard InChI is InChI=1S/C21H45Si/c1-4-6-8-10-12-14-16-18-20-22(3)21-19-17-15-13-11-9-7-5-2/h4-21H2,1-3H3. The van der Waals surface area contributed by atoms with E-state index in [1.165, 1.54) is 103 Å². The summed E-state index contributed by atoms with van der Waals surface area (Å²) in [6.07, 6.45) is 23.6. The van der Waals surface area contributed by atoms with Gasteiger partial charge in [0.15, 0.2) is 0 Å². The first-order valence-electron chi connectivity index (χ1n) is 10.6. The summed E-state index contributed by atoms with van der Waals surface area (Å²) in [5.74, 6) is 0. The minimum atomic E-state index is 0.00844. The Morgan fingerprint density at radius 1 is 0.409 bits per heavy atom. The van der Waals surface area contributed by atoms with Gasteiger partial charge in [0, 0.05) is 8.80 Å². The molecule has 0 aromatic heterocycles. The van der Waals surface area contributed by atoms with Crippen molar-refractivity contribution in [2.75, 3.05) is 0 Å². The molecule has 0 unspecified atom stereocenters. The van der Waals surface area contributed by atoms with Gasteiger partial charge >= 0.3 is 0 Å². The van der Waals surface area contributed by atoms with Crippen molar-refractivity contribution < 1.29 is 0 Å². The van der Waals surface area contributed by atoms with Gasteiger partial charge < -0.3 is 0 Å². The Bertz CT molecular complexity index is 170. The highest BCUT2D eigenvalue weighted by Crippen LogP contribution is 2.15. The number of hydrogen-bond acceptors (Lipinski definition) is 0. The summed E-state index contributed by atoms with van der Waals surface area (Å²) in [6, 6.07) is 3.16. The minimum absolute atomic E-state index is 0.00844. The second-order valence-corrected chi connectivity index (χ2v) is 10.3. The lowest BCUT2D eigenvalue weighted by atomic mass is 10.1. The summed E-state index contributed by atoms with van der Waals surface area (Å²) in [6.45, 7) is 7.18. The largest absolute Gasteiger partial charge is 0.0711 e. The maximum atomic E-state index is 2.58. The first kappa shape index (κ1) is 22.2. The smallest absolute Gasteiger partial charge is 0.0446 e. The fourth-order valence-electron chi connectivity index (χ4n) is 3.25. The molecule has 0 amide bonds. The molecule has 0 fully saturated rings. The van der Waals surface area contributed by atoms with Crippen LogP contribution >= 0.6 is 0 Å². The molecule has 0 aliphatic carbocycles. The number of unbranched alkanes of at least 4 members (excludes halogenated alkanes) is 14. The van der Waals surface area contributed by atoms with Crippen LogP contribution in [0.15, 0.2) is 0 Å². The zero-order valence-electron chi connectivity index (χ0n) is 16.2. The molecule has 0 aliphatic rings. The van der Waals surface area contributed by atoms with Crippen LogP contribution in [0, 0.1) is 0 Å². The average Bonchev–Trinajstić information content (AvgIpc) is 2.52. The lowest BCUT2D eigenvalue weighted by Gasteiger charge is -2.09. The third-order valence-corrected chi connectivity index (χ3v) is 7.33. The second kappa shape index (κ2) is 19.3. The highest BCUT2D eigenvalue weighted by molar-refractivity contribution is 6.57. The van der Waals surface area contributed by atoms with Crippen LogP contribution in [-0.4, -0.2) is 8.80 Å². The summed E-state index contributed by atoms with van der Waals surface area (Å²) < 4.78 is 0. The molecule has 0 aromatic rings. The Labute approximate surface area is 144 Å². The average molecular weight is 326 g/mol. The Morgan fingerprint density at radius 3 is 1.00 bits per heavy atom. The van der Waals surface area contributed by atoms with Crippen LogP contribution in [0.25, 0.3) is 0 Å². The Balaban J connectivity index is 3.11. The van der Waals surface area contributed by atoms with E-state index in [1.54, 1.807) is 12.1 Å². The highest BCUT2D eigenvalue weighted by atomic mass is 28.3. The molecule has 0 saturated heterocycles. The lowest BCUT2D eigenvalue weighted by Crippen LogP contribution is -2.05. The molecule has 1 heteroatoms. The van der Waals surface area contributed by atoms with Crippen LogP contribution in [0.3, 0.4) is 0 Å². The lowest BCUT2D eigenvalue weighted by molar-refractivity contribution is 0.581. The van der Waals surface area contributed by atoms with E-state index in [2.05, 4.69) is 20.4 Å². The highest BCUT2D eigenvalue weighted by Gasteiger charge is 2.04. The molecule has 0 spiro atoms. The third-order valence-electron chi connectivity index (χ3n) is 4.91. The summed E-state index contributed by atoms with van der Waals surface area (Å²) in [7, 11) is 0.00844. The van der Waals surface area contributed by atoms with Crippen molar-refractivity contribution in [3.05, 3.63) is 0 Å². The van der Waals surface area contributed by atoms with Crippen molar-refractivity contribution in [3.8, 4) is 0 Å². The quantitative estimate of drug-likeness (QED) is 0.175. The van der Waals surface area contributed by atoms with Crippen LogP contribution in [-0.2, 0) is 0 Å². The van der Waals surface area contributed by atoms with E-state index in [0.717, 1.165) is 0 Å². The van der Waals surface area contributed by atoms with E-state index in [4.69, 9.17) is 0 Å². The molecule has 0 heterocycles. The molecule has 0 aliphatic heterocycles.